The molecule has 0 spiro atoms. The fourth-order valence-electron chi connectivity index (χ4n) is 2.05. The molecule has 0 saturated heterocycles. The lowest BCUT2D eigenvalue weighted by atomic mass is 9.94. The molecule has 0 fully saturated rings. The molecule has 1 unspecified atom stereocenters. The number of hydrogen-bond acceptors (Lipinski definition) is 3. The van der Waals surface area contributed by atoms with Crippen molar-refractivity contribution in [2.75, 3.05) is 12.4 Å². The van der Waals surface area contributed by atoms with Crippen LogP contribution in [0.2, 0.25) is 0 Å². The fourth-order valence-corrected chi connectivity index (χ4v) is 2.05. The van der Waals surface area contributed by atoms with Gasteiger partial charge in [-0.3, -0.25) is 9.79 Å². The molecule has 0 saturated carbocycles. The Kier molecular flexibility index (Phi) is 4.51. The summed E-state index contributed by atoms with van der Waals surface area (Å²) in [4.78, 5) is 18.2. The zero-order valence-electron chi connectivity index (χ0n) is 11.8. The maximum absolute atomic E-state index is 11.2. The molecule has 108 valence electrons. The monoisotopic (exact) mass is 284 g/mol. The van der Waals surface area contributed by atoms with E-state index in [9.17, 15) is 4.79 Å². The van der Waals surface area contributed by atoms with E-state index in [0.29, 0.717) is 12.4 Å². The number of anilines is 1. The number of amides is 1. The first-order valence-electron chi connectivity index (χ1n) is 6.47. The Morgan fingerprint density at radius 3 is 2.76 bits per heavy atom. The molecule has 3 N–H and O–H groups in total. The molecular formula is C14H16N6O. The summed E-state index contributed by atoms with van der Waals surface area (Å²) < 4.78 is 0. The van der Waals surface area contributed by atoms with Gasteiger partial charge in [0, 0.05) is 25.1 Å². The minimum absolute atomic E-state index is 0.0569. The smallest absolute Gasteiger partial charge is 0.266 e. The molecule has 1 aliphatic heterocycles. The molecule has 7 nitrogen and oxygen atoms in total. The third-order valence-electron chi connectivity index (χ3n) is 3.09. The van der Waals surface area contributed by atoms with Crippen molar-refractivity contribution in [2.24, 2.45) is 16.0 Å². The van der Waals surface area contributed by atoms with Crippen molar-refractivity contribution in [3.8, 4) is 0 Å². The van der Waals surface area contributed by atoms with Gasteiger partial charge in [0.25, 0.3) is 5.96 Å². The highest BCUT2D eigenvalue weighted by molar-refractivity contribution is 6.06. The Morgan fingerprint density at radius 1 is 1.48 bits per heavy atom. The van der Waals surface area contributed by atoms with Crippen LogP contribution in [0.4, 0.5) is 5.69 Å². The molecule has 0 aromatic heterocycles. The molecule has 1 aliphatic rings. The summed E-state index contributed by atoms with van der Waals surface area (Å²) in [5, 5.41) is 7.11. The molecule has 0 radical (unpaired) electrons. The second-order valence-corrected chi connectivity index (χ2v) is 4.64. The summed E-state index contributed by atoms with van der Waals surface area (Å²) in [6, 6.07) is 7.58. The molecule has 7 heteroatoms. The Balaban J connectivity index is 2.13. The standard InChI is InChI=1S/C14H16N6O/c1-9-8-12(21)18-19-13(9)10-4-6-11(7-5-10)17-14(15-2)20-16-3/h4-7,9H,8H2,1-2H3,(H,18,21)(H2,15,17,20). The molecule has 1 atom stereocenters. The predicted molar refractivity (Wildman–Crippen MR) is 81.6 cm³/mol. The number of carbonyl (C=O) groups excluding carboxylic acids is 1. The molecule has 1 heterocycles. The highest BCUT2D eigenvalue weighted by Gasteiger charge is 2.21. The maximum Gasteiger partial charge on any atom is 0.266 e. The summed E-state index contributed by atoms with van der Waals surface area (Å²) >= 11 is 0. The number of nitrogens with one attached hydrogen (secondary N) is 3. The summed E-state index contributed by atoms with van der Waals surface area (Å²) in [6.45, 7) is 8.73. The van der Waals surface area contributed by atoms with Gasteiger partial charge in [-0.1, -0.05) is 24.5 Å². The predicted octanol–water partition coefficient (Wildman–Crippen LogP) is 1.37. The van der Waals surface area contributed by atoms with Gasteiger partial charge in [0.05, 0.1) is 5.71 Å². The van der Waals surface area contributed by atoms with E-state index in [1.54, 1.807) is 7.05 Å². The Bertz CT molecular complexity index is 626. The zero-order chi connectivity index (χ0) is 15.2. The van der Waals surface area contributed by atoms with E-state index in [0.717, 1.165) is 17.0 Å². The van der Waals surface area contributed by atoms with E-state index in [1.165, 1.54) is 0 Å². The molecule has 21 heavy (non-hydrogen) atoms. The van der Waals surface area contributed by atoms with Crippen LogP contribution in [0.5, 0.6) is 0 Å². The van der Waals surface area contributed by atoms with Gasteiger partial charge in [0.2, 0.25) is 5.91 Å². The number of benzene rings is 1. The van der Waals surface area contributed by atoms with Crippen molar-refractivity contribution in [1.82, 2.24) is 10.9 Å². The van der Waals surface area contributed by atoms with Crippen molar-refractivity contribution >= 4 is 23.3 Å². The number of aliphatic imine (C=N–C) groups is 1. The van der Waals surface area contributed by atoms with Crippen LogP contribution in [-0.4, -0.2) is 24.6 Å². The van der Waals surface area contributed by atoms with E-state index >= 15 is 0 Å². The van der Waals surface area contributed by atoms with Crippen LogP contribution in [0.25, 0.3) is 4.95 Å². The molecular weight excluding hydrogens is 268 g/mol. The third-order valence-corrected chi connectivity index (χ3v) is 3.09. The topological polar surface area (TPSA) is 82.2 Å². The first kappa shape index (κ1) is 14.5. The minimum atomic E-state index is -0.0569. The number of hydrogen-bond donors (Lipinski definition) is 3. The second-order valence-electron chi connectivity index (χ2n) is 4.64. The normalized spacial score (nSPS) is 18.3. The lowest BCUT2D eigenvalue weighted by Crippen LogP contribution is -2.32. The van der Waals surface area contributed by atoms with Crippen LogP contribution in [0.3, 0.4) is 0 Å². The maximum atomic E-state index is 11.2. The number of guanidine groups is 1. The summed E-state index contributed by atoms with van der Waals surface area (Å²) in [7, 11) is 1.59. The lowest BCUT2D eigenvalue weighted by Gasteiger charge is -2.19. The van der Waals surface area contributed by atoms with Gasteiger partial charge in [0.15, 0.2) is 0 Å². The van der Waals surface area contributed by atoms with Gasteiger partial charge in [-0.25, -0.2) is 5.43 Å². The number of rotatable bonds is 2. The van der Waals surface area contributed by atoms with Crippen LogP contribution in [0.1, 0.15) is 18.9 Å². The van der Waals surface area contributed by atoms with Crippen LogP contribution in [0.15, 0.2) is 34.4 Å². The number of hydrazone groups is 1. The average Bonchev–Trinajstić information content (AvgIpc) is 2.48. The lowest BCUT2D eigenvalue weighted by molar-refractivity contribution is -0.121. The van der Waals surface area contributed by atoms with Crippen molar-refractivity contribution in [2.45, 2.75) is 13.3 Å². The van der Waals surface area contributed by atoms with Gasteiger partial charge in [-0.2, -0.15) is 16.6 Å². The van der Waals surface area contributed by atoms with Gasteiger partial charge in [0.1, 0.15) is 0 Å². The van der Waals surface area contributed by atoms with Gasteiger partial charge in [-0.15, -0.1) is 0 Å². The van der Waals surface area contributed by atoms with Crippen LogP contribution in [-0.2, 0) is 4.79 Å². The summed E-state index contributed by atoms with van der Waals surface area (Å²) in [6.07, 6.45) is 0.445. The highest BCUT2D eigenvalue weighted by atomic mass is 16.2. The van der Waals surface area contributed by atoms with Crippen molar-refractivity contribution in [1.29, 1.82) is 0 Å². The molecule has 0 aliphatic carbocycles. The van der Waals surface area contributed by atoms with Crippen molar-refractivity contribution in [3.63, 3.8) is 0 Å². The average molecular weight is 284 g/mol. The molecule has 1 aromatic rings. The largest absolute Gasteiger partial charge is 0.321 e. The fraction of sp³-hybridized carbons (Fsp3) is 0.286. The molecule has 2 rings (SSSR count). The minimum Gasteiger partial charge on any atom is -0.321 e. The summed E-state index contributed by atoms with van der Waals surface area (Å²) in [5.41, 5.74) is 7.57. The Morgan fingerprint density at radius 2 is 2.19 bits per heavy atom. The van der Waals surface area contributed by atoms with Gasteiger partial charge in [-0.05, 0) is 17.7 Å². The van der Waals surface area contributed by atoms with Crippen molar-refractivity contribution < 1.29 is 4.79 Å². The van der Waals surface area contributed by atoms with E-state index < -0.39 is 0 Å². The van der Waals surface area contributed by atoms with E-state index in [1.807, 2.05) is 31.2 Å². The molecule has 1 amide bonds. The Hall–Kier alpha value is -2.88. The third kappa shape index (κ3) is 3.57. The quantitative estimate of drug-likeness (QED) is 0.332. The van der Waals surface area contributed by atoms with Crippen LogP contribution >= 0.6 is 0 Å². The second kappa shape index (κ2) is 6.52. The van der Waals surface area contributed by atoms with E-state index in [4.69, 9.17) is 6.57 Å². The van der Waals surface area contributed by atoms with E-state index in [2.05, 4.69) is 31.2 Å². The number of carbonyl (C=O) groups is 1. The van der Waals surface area contributed by atoms with Crippen molar-refractivity contribution in [3.05, 3.63) is 41.4 Å². The highest BCUT2D eigenvalue weighted by Crippen LogP contribution is 2.18. The van der Waals surface area contributed by atoms with Gasteiger partial charge < -0.3 is 5.32 Å². The zero-order valence-corrected chi connectivity index (χ0v) is 11.8. The van der Waals surface area contributed by atoms with Gasteiger partial charge >= 0.3 is 0 Å². The Labute approximate surface area is 122 Å². The molecule has 0 bridgehead atoms. The van der Waals surface area contributed by atoms with E-state index in [-0.39, 0.29) is 11.8 Å². The van der Waals surface area contributed by atoms with Crippen LogP contribution < -0.4 is 16.2 Å². The van der Waals surface area contributed by atoms with Crippen LogP contribution in [0, 0.1) is 12.5 Å². The SMILES string of the molecule is [C-]#[N+]NC(=NC)Nc1ccc(C2=NNC(=O)CC2C)cc1. The first-order valence-corrected chi connectivity index (χ1v) is 6.47. The first-order chi connectivity index (χ1) is 10.1. The molecule has 1 aromatic carbocycles. The summed E-state index contributed by atoms with van der Waals surface area (Å²) in [5.74, 6) is 0.418. The number of nitrogens with zero attached hydrogens (tertiary/aromatic N) is 3.